The fourth-order valence-electron chi connectivity index (χ4n) is 2.26. The zero-order chi connectivity index (χ0) is 14.0. The minimum Gasteiger partial charge on any atom is -0.0676 e. The zero-order valence-electron chi connectivity index (χ0n) is 13.8. The van der Waals surface area contributed by atoms with E-state index in [9.17, 15) is 0 Å². The van der Waals surface area contributed by atoms with Crippen molar-refractivity contribution < 1.29 is 0 Å². The zero-order valence-corrected chi connectivity index (χ0v) is 15.6. The van der Waals surface area contributed by atoms with E-state index >= 15 is 0 Å². The number of hydrogen-bond acceptors (Lipinski definition) is 0. The molecule has 2 heteroatoms. The van der Waals surface area contributed by atoms with E-state index in [4.69, 9.17) is 0 Å². The standard InChI is InChI=1S/C15H35P2/c1-12(2)16(9,13(3)4)11-17(10,14(5)6)15(7)8/h11-15H,1-10H3/q+1. The Morgan fingerprint density at radius 2 is 1.06 bits per heavy atom. The molecule has 0 N–H and O–H groups in total. The maximum Gasteiger partial charge on any atom is 0.0682 e. The lowest BCUT2D eigenvalue weighted by Gasteiger charge is -2.36. The maximum atomic E-state index is 2.89. The van der Waals surface area contributed by atoms with Crippen molar-refractivity contribution >= 4 is 19.7 Å². The normalized spacial score (nSPS) is 14.2. The van der Waals surface area contributed by atoms with Crippen LogP contribution in [0.2, 0.25) is 0 Å². The minimum absolute atomic E-state index is 0.833. The third-order valence-electron chi connectivity index (χ3n) is 4.95. The molecule has 0 unspecified atom stereocenters. The van der Waals surface area contributed by atoms with Gasteiger partial charge in [-0.15, -0.1) is 0 Å². The van der Waals surface area contributed by atoms with E-state index in [1.54, 1.807) is 0 Å². The Bertz CT molecular complexity index is 265. The molecule has 0 saturated carbocycles. The molecule has 0 radical (unpaired) electrons. The third kappa shape index (κ3) is 3.84. The molecule has 0 aliphatic heterocycles. The molecule has 0 aliphatic carbocycles. The van der Waals surface area contributed by atoms with E-state index in [1.807, 2.05) is 0 Å². The summed E-state index contributed by atoms with van der Waals surface area (Å²) in [6.45, 7) is 23.6. The van der Waals surface area contributed by atoms with Gasteiger partial charge in [-0.2, -0.15) is 0 Å². The van der Waals surface area contributed by atoms with Gasteiger partial charge in [-0.25, -0.2) is 0 Å². The van der Waals surface area contributed by atoms with Crippen LogP contribution in [0.15, 0.2) is 0 Å². The lowest BCUT2D eigenvalue weighted by atomic mass is 10.5. The Morgan fingerprint density at radius 1 is 0.765 bits per heavy atom. The Morgan fingerprint density at radius 3 is 1.24 bits per heavy atom. The van der Waals surface area contributed by atoms with Crippen molar-refractivity contribution in [3.05, 3.63) is 0 Å². The Labute approximate surface area is 111 Å². The van der Waals surface area contributed by atoms with Crippen LogP contribution in [0.25, 0.3) is 0 Å². The lowest BCUT2D eigenvalue weighted by Crippen LogP contribution is -2.19. The van der Waals surface area contributed by atoms with Crippen molar-refractivity contribution in [2.75, 3.05) is 13.3 Å². The molecule has 0 nitrogen and oxygen atoms in total. The van der Waals surface area contributed by atoms with Crippen molar-refractivity contribution in [3.63, 3.8) is 0 Å². The number of hydrogen-bond donors (Lipinski definition) is 0. The van der Waals surface area contributed by atoms with Gasteiger partial charge in [0.05, 0.1) is 23.5 Å². The van der Waals surface area contributed by atoms with E-state index in [1.165, 1.54) is 0 Å². The molecule has 0 bridgehead atoms. The molecule has 17 heavy (non-hydrogen) atoms. The van der Waals surface area contributed by atoms with Crippen LogP contribution < -0.4 is 0 Å². The molecular formula is C15H35P2+. The van der Waals surface area contributed by atoms with E-state index in [2.05, 4.69) is 74.3 Å². The summed E-state index contributed by atoms with van der Waals surface area (Å²) in [5.41, 5.74) is 6.22. The molecule has 0 rings (SSSR count). The SMILES string of the molecule is CC(C)P(C)(=C[P+](C)(C(C)C)C(C)C)C(C)C. The Hall–Kier alpha value is 0.730. The first-order valence-electron chi connectivity index (χ1n) is 7.06. The summed E-state index contributed by atoms with van der Waals surface area (Å²) in [6.07, 6.45) is 0. The van der Waals surface area contributed by atoms with Crippen LogP contribution in [-0.4, -0.2) is 41.5 Å². The number of rotatable bonds is 5. The van der Waals surface area contributed by atoms with Gasteiger partial charge in [0, 0.05) is 7.26 Å². The van der Waals surface area contributed by atoms with E-state index in [-0.39, 0.29) is 0 Å². The molecule has 0 fully saturated rings. The van der Waals surface area contributed by atoms with Crippen LogP contribution in [-0.2, 0) is 0 Å². The van der Waals surface area contributed by atoms with Crippen LogP contribution in [0.5, 0.6) is 0 Å². The van der Waals surface area contributed by atoms with Crippen molar-refractivity contribution in [2.24, 2.45) is 0 Å². The molecule has 0 aromatic rings. The van der Waals surface area contributed by atoms with Gasteiger partial charge in [-0.05, 0) is 45.7 Å². The Kier molecular flexibility index (Phi) is 6.52. The van der Waals surface area contributed by atoms with Crippen LogP contribution in [0.3, 0.4) is 0 Å². The second kappa shape index (κ2) is 6.25. The van der Waals surface area contributed by atoms with Crippen molar-refractivity contribution in [1.82, 2.24) is 0 Å². The predicted octanol–water partition coefficient (Wildman–Crippen LogP) is 5.67. The van der Waals surface area contributed by atoms with Crippen LogP contribution in [0, 0.1) is 0 Å². The van der Waals surface area contributed by atoms with E-state index < -0.39 is 14.1 Å². The summed E-state index contributed by atoms with van der Waals surface area (Å²) in [4.78, 5) is 0. The van der Waals surface area contributed by atoms with Gasteiger partial charge < -0.3 is 0 Å². The minimum atomic E-state index is -0.918. The monoisotopic (exact) mass is 277 g/mol. The molecular weight excluding hydrogens is 242 g/mol. The second-order valence-electron chi connectivity index (χ2n) is 6.93. The molecule has 0 heterocycles. The predicted molar refractivity (Wildman–Crippen MR) is 92.3 cm³/mol. The summed E-state index contributed by atoms with van der Waals surface area (Å²) >= 11 is 0. The molecule has 0 aromatic heterocycles. The van der Waals surface area contributed by atoms with Crippen molar-refractivity contribution in [2.45, 2.75) is 78.0 Å². The van der Waals surface area contributed by atoms with E-state index in [0.717, 1.165) is 22.6 Å². The first-order chi connectivity index (χ1) is 7.48. The molecule has 0 aromatic carbocycles. The largest absolute Gasteiger partial charge is 0.0682 e. The summed E-state index contributed by atoms with van der Waals surface area (Å²) in [5, 5.41) is 0. The van der Waals surface area contributed by atoms with Gasteiger partial charge in [0.1, 0.15) is 0 Å². The summed E-state index contributed by atoms with van der Waals surface area (Å²) in [7, 11) is -0.918. The smallest absolute Gasteiger partial charge is 0.0676 e. The average Bonchev–Trinajstić information content (AvgIpc) is 2.15. The van der Waals surface area contributed by atoms with E-state index in [0.29, 0.717) is 0 Å². The van der Waals surface area contributed by atoms with Gasteiger partial charge >= 0.3 is 0 Å². The van der Waals surface area contributed by atoms with Crippen LogP contribution in [0.4, 0.5) is 0 Å². The molecule has 0 saturated heterocycles. The van der Waals surface area contributed by atoms with Gasteiger partial charge in [0.25, 0.3) is 0 Å². The second-order valence-corrected chi connectivity index (χ2v) is 16.9. The highest BCUT2D eigenvalue weighted by atomic mass is 31.2. The lowest BCUT2D eigenvalue weighted by molar-refractivity contribution is 1.00. The van der Waals surface area contributed by atoms with Gasteiger partial charge in [0.15, 0.2) is 0 Å². The average molecular weight is 277 g/mol. The quantitative estimate of drug-likeness (QED) is 0.567. The molecule has 104 valence electrons. The first kappa shape index (κ1) is 17.7. The maximum absolute atomic E-state index is 2.89. The van der Waals surface area contributed by atoms with Crippen molar-refractivity contribution in [1.29, 1.82) is 0 Å². The topological polar surface area (TPSA) is 0 Å². The highest BCUT2D eigenvalue weighted by Gasteiger charge is 2.40. The molecule has 0 spiro atoms. The van der Waals surface area contributed by atoms with Gasteiger partial charge in [-0.3, -0.25) is 0 Å². The Balaban J connectivity index is 5.73. The molecule has 0 atom stereocenters. The highest BCUT2D eigenvalue weighted by molar-refractivity contribution is 8.02. The summed E-state index contributed by atoms with van der Waals surface area (Å²) in [6, 6.07) is 0. The molecule has 0 aliphatic rings. The van der Waals surface area contributed by atoms with Gasteiger partial charge in [-0.1, -0.05) is 34.6 Å². The van der Waals surface area contributed by atoms with Crippen LogP contribution in [0.1, 0.15) is 55.4 Å². The molecule has 0 amide bonds. The first-order valence-corrected chi connectivity index (χ1v) is 11.9. The third-order valence-corrected chi connectivity index (χ3v) is 17.8. The fraction of sp³-hybridized carbons (Fsp3) is 0.933. The van der Waals surface area contributed by atoms with Crippen molar-refractivity contribution in [3.8, 4) is 0 Å². The summed E-state index contributed by atoms with van der Waals surface area (Å²) in [5.74, 6) is 0. The highest BCUT2D eigenvalue weighted by Crippen LogP contribution is 2.68. The van der Waals surface area contributed by atoms with Gasteiger partial charge in [0.2, 0.25) is 0 Å². The fourth-order valence-corrected chi connectivity index (χ4v) is 13.2. The summed E-state index contributed by atoms with van der Waals surface area (Å²) < 4.78 is 0. The van der Waals surface area contributed by atoms with Crippen LogP contribution >= 0.6 is 14.1 Å².